The molecule has 1 saturated heterocycles. The fourth-order valence-electron chi connectivity index (χ4n) is 2.71. The molecule has 0 bridgehead atoms. The average molecular weight is 327 g/mol. The molecule has 2 heterocycles. The Morgan fingerprint density at radius 3 is 2.88 bits per heavy atom. The smallest absolute Gasteiger partial charge is 0.337 e. The molecule has 0 saturated carbocycles. The van der Waals surface area contributed by atoms with Crippen LogP contribution in [0.2, 0.25) is 0 Å². The van der Waals surface area contributed by atoms with Crippen molar-refractivity contribution in [3.05, 3.63) is 36.0 Å². The van der Waals surface area contributed by atoms with Crippen LogP contribution in [0.15, 0.2) is 30.5 Å². The van der Waals surface area contributed by atoms with Gasteiger partial charge in [0.2, 0.25) is 5.95 Å². The molecule has 0 amide bonds. The van der Waals surface area contributed by atoms with Crippen LogP contribution in [0.25, 0.3) is 0 Å². The molecule has 1 fully saturated rings. The van der Waals surface area contributed by atoms with E-state index in [9.17, 15) is 4.79 Å². The first-order valence-electron chi connectivity index (χ1n) is 8.06. The van der Waals surface area contributed by atoms with Crippen LogP contribution in [0.1, 0.15) is 30.1 Å². The van der Waals surface area contributed by atoms with Crippen molar-refractivity contribution in [2.45, 2.75) is 19.8 Å². The van der Waals surface area contributed by atoms with Gasteiger partial charge in [-0.3, -0.25) is 0 Å². The molecule has 1 N–H and O–H groups in total. The van der Waals surface area contributed by atoms with Crippen molar-refractivity contribution in [1.82, 2.24) is 15.2 Å². The van der Waals surface area contributed by atoms with Crippen LogP contribution < -0.4 is 10.2 Å². The zero-order valence-corrected chi connectivity index (χ0v) is 13.9. The second kappa shape index (κ2) is 7.25. The fourth-order valence-corrected chi connectivity index (χ4v) is 2.71. The normalized spacial score (nSPS) is 15.2. The molecule has 1 aliphatic rings. The summed E-state index contributed by atoms with van der Waals surface area (Å²) in [5.74, 6) is 1.61. The third-order valence-electron chi connectivity index (χ3n) is 4.19. The molecule has 1 aliphatic heterocycles. The predicted octanol–water partition coefficient (Wildman–Crippen LogP) is 2.64. The Bertz CT molecular complexity index is 714. The van der Waals surface area contributed by atoms with Gasteiger partial charge in [0.15, 0.2) is 5.82 Å². The van der Waals surface area contributed by atoms with Gasteiger partial charge >= 0.3 is 5.97 Å². The number of rotatable bonds is 4. The van der Waals surface area contributed by atoms with Gasteiger partial charge in [0, 0.05) is 18.8 Å². The highest BCUT2D eigenvalue weighted by atomic mass is 16.5. The van der Waals surface area contributed by atoms with E-state index in [0.717, 1.165) is 37.7 Å². The molecule has 0 aliphatic carbocycles. The summed E-state index contributed by atoms with van der Waals surface area (Å²) >= 11 is 0. The SMILES string of the molecule is COC(=O)c1cccc(Nc2nncc(N3CCC(C)CC3)n2)c1. The molecule has 2 aromatic rings. The van der Waals surface area contributed by atoms with E-state index >= 15 is 0 Å². The fraction of sp³-hybridized carbons (Fsp3) is 0.412. The molecular formula is C17H21N5O2. The van der Waals surface area contributed by atoms with Crippen molar-refractivity contribution in [3.63, 3.8) is 0 Å². The first-order valence-corrected chi connectivity index (χ1v) is 8.06. The van der Waals surface area contributed by atoms with Crippen molar-refractivity contribution in [2.24, 2.45) is 5.92 Å². The number of ether oxygens (including phenoxy) is 1. The summed E-state index contributed by atoms with van der Waals surface area (Å²) in [4.78, 5) is 18.4. The van der Waals surface area contributed by atoms with Gasteiger partial charge in [-0.25, -0.2) is 4.79 Å². The first-order chi connectivity index (χ1) is 11.7. The lowest BCUT2D eigenvalue weighted by molar-refractivity contribution is 0.0601. The number of benzene rings is 1. The maximum absolute atomic E-state index is 11.6. The van der Waals surface area contributed by atoms with Crippen LogP contribution in [-0.2, 0) is 4.74 Å². The maximum atomic E-state index is 11.6. The van der Waals surface area contributed by atoms with Crippen molar-refractivity contribution in [2.75, 3.05) is 30.4 Å². The summed E-state index contributed by atoms with van der Waals surface area (Å²) in [6.07, 6.45) is 4.01. The van der Waals surface area contributed by atoms with Crippen LogP contribution in [0.4, 0.5) is 17.5 Å². The summed E-state index contributed by atoms with van der Waals surface area (Å²) in [5, 5.41) is 11.2. The first kappa shape index (κ1) is 16.2. The van der Waals surface area contributed by atoms with Gasteiger partial charge < -0.3 is 15.0 Å². The second-order valence-corrected chi connectivity index (χ2v) is 6.01. The summed E-state index contributed by atoms with van der Waals surface area (Å²) in [7, 11) is 1.36. The summed E-state index contributed by atoms with van der Waals surface area (Å²) in [5.41, 5.74) is 1.18. The highest BCUT2D eigenvalue weighted by Crippen LogP contribution is 2.22. The number of carbonyl (C=O) groups is 1. The lowest BCUT2D eigenvalue weighted by Crippen LogP contribution is -2.33. The number of hydrogen-bond donors (Lipinski definition) is 1. The molecule has 7 heteroatoms. The Kier molecular flexibility index (Phi) is 4.88. The number of esters is 1. The van der Waals surface area contributed by atoms with Gasteiger partial charge in [-0.15, -0.1) is 5.10 Å². The van der Waals surface area contributed by atoms with Gasteiger partial charge in [0.1, 0.15) is 0 Å². The van der Waals surface area contributed by atoms with Gasteiger partial charge in [0.25, 0.3) is 0 Å². The molecular weight excluding hydrogens is 306 g/mol. The molecule has 0 atom stereocenters. The van der Waals surface area contributed by atoms with E-state index < -0.39 is 0 Å². The molecule has 7 nitrogen and oxygen atoms in total. The largest absolute Gasteiger partial charge is 0.465 e. The van der Waals surface area contributed by atoms with Crippen LogP contribution in [0.5, 0.6) is 0 Å². The average Bonchev–Trinajstić information content (AvgIpc) is 2.62. The lowest BCUT2D eigenvalue weighted by atomic mass is 9.99. The number of nitrogens with one attached hydrogen (secondary N) is 1. The number of anilines is 3. The van der Waals surface area contributed by atoms with E-state index in [0.29, 0.717) is 17.2 Å². The molecule has 3 rings (SSSR count). The highest BCUT2D eigenvalue weighted by Gasteiger charge is 2.17. The number of methoxy groups -OCH3 is 1. The molecule has 24 heavy (non-hydrogen) atoms. The monoisotopic (exact) mass is 327 g/mol. The molecule has 0 radical (unpaired) electrons. The van der Waals surface area contributed by atoms with E-state index in [1.54, 1.807) is 24.4 Å². The van der Waals surface area contributed by atoms with Crippen LogP contribution >= 0.6 is 0 Å². The third kappa shape index (κ3) is 3.79. The summed E-state index contributed by atoms with van der Waals surface area (Å²) in [6.45, 7) is 4.24. The Hall–Kier alpha value is -2.70. The van der Waals surface area contributed by atoms with Gasteiger partial charge in [-0.1, -0.05) is 13.0 Å². The van der Waals surface area contributed by atoms with E-state index in [2.05, 4.69) is 32.3 Å². The van der Waals surface area contributed by atoms with Crippen molar-refractivity contribution >= 4 is 23.4 Å². The van der Waals surface area contributed by atoms with Crippen molar-refractivity contribution in [3.8, 4) is 0 Å². The minimum absolute atomic E-state index is 0.381. The quantitative estimate of drug-likeness (QED) is 0.865. The molecule has 1 aromatic heterocycles. The van der Waals surface area contributed by atoms with E-state index in [1.165, 1.54) is 7.11 Å². The Morgan fingerprint density at radius 2 is 2.12 bits per heavy atom. The van der Waals surface area contributed by atoms with E-state index in [4.69, 9.17) is 4.74 Å². The van der Waals surface area contributed by atoms with Crippen molar-refractivity contribution in [1.29, 1.82) is 0 Å². The minimum Gasteiger partial charge on any atom is -0.465 e. The number of piperidine rings is 1. The maximum Gasteiger partial charge on any atom is 0.337 e. The van der Waals surface area contributed by atoms with Crippen LogP contribution in [0.3, 0.4) is 0 Å². The van der Waals surface area contributed by atoms with Gasteiger partial charge in [-0.05, 0) is 37.0 Å². The summed E-state index contributed by atoms with van der Waals surface area (Å²) in [6, 6.07) is 7.01. The Balaban J connectivity index is 1.74. The Labute approximate surface area is 141 Å². The number of aromatic nitrogens is 3. The standard InChI is InChI=1S/C17H21N5O2/c1-12-6-8-22(9-7-12)15-11-18-21-17(20-15)19-14-5-3-4-13(10-14)16(23)24-2/h3-5,10-12H,6-9H2,1-2H3,(H,19,20,21). The number of hydrogen-bond acceptors (Lipinski definition) is 7. The molecule has 0 spiro atoms. The zero-order chi connectivity index (χ0) is 16.9. The molecule has 1 aromatic carbocycles. The third-order valence-corrected chi connectivity index (χ3v) is 4.19. The van der Waals surface area contributed by atoms with Crippen LogP contribution in [0, 0.1) is 5.92 Å². The number of carbonyl (C=O) groups excluding carboxylic acids is 1. The molecule has 126 valence electrons. The summed E-state index contributed by atoms with van der Waals surface area (Å²) < 4.78 is 4.73. The number of nitrogens with zero attached hydrogens (tertiary/aromatic N) is 4. The van der Waals surface area contributed by atoms with Crippen molar-refractivity contribution < 1.29 is 9.53 Å². The lowest BCUT2D eigenvalue weighted by Gasteiger charge is -2.30. The molecule has 0 unspecified atom stereocenters. The minimum atomic E-state index is -0.381. The van der Waals surface area contributed by atoms with Gasteiger partial charge in [0.05, 0.1) is 18.9 Å². The Morgan fingerprint density at radius 1 is 1.33 bits per heavy atom. The van der Waals surface area contributed by atoms with Crippen LogP contribution in [-0.4, -0.2) is 41.3 Å². The second-order valence-electron chi connectivity index (χ2n) is 6.01. The predicted molar refractivity (Wildman–Crippen MR) is 91.5 cm³/mol. The topological polar surface area (TPSA) is 80.2 Å². The van der Waals surface area contributed by atoms with E-state index in [1.807, 2.05) is 6.07 Å². The van der Waals surface area contributed by atoms with Gasteiger partial charge in [-0.2, -0.15) is 10.1 Å². The highest BCUT2D eigenvalue weighted by molar-refractivity contribution is 5.90. The zero-order valence-electron chi connectivity index (χ0n) is 13.9. The van der Waals surface area contributed by atoms with E-state index in [-0.39, 0.29) is 5.97 Å².